The molecule has 5 heteroatoms. The number of cyclic esters (lactones) is 2. The van der Waals surface area contributed by atoms with Gasteiger partial charge in [0, 0.05) is 6.92 Å². The van der Waals surface area contributed by atoms with Crippen LogP contribution in [0.5, 0.6) is 5.75 Å². The van der Waals surface area contributed by atoms with Gasteiger partial charge in [0.05, 0.1) is 0 Å². The maximum Gasteiger partial charge on any atom is 0.348 e. The van der Waals surface area contributed by atoms with Crippen LogP contribution in [0, 0.1) is 0 Å². The van der Waals surface area contributed by atoms with E-state index in [9.17, 15) is 9.59 Å². The predicted octanol–water partition coefficient (Wildman–Crippen LogP) is 1.22. The van der Waals surface area contributed by atoms with Crippen molar-refractivity contribution < 1.29 is 24.2 Å². The van der Waals surface area contributed by atoms with Crippen LogP contribution in [0.4, 0.5) is 0 Å². The molecule has 1 aliphatic heterocycles. The minimum atomic E-state index is -0.855. The summed E-state index contributed by atoms with van der Waals surface area (Å²) in [5, 5.41) is 9.10. The lowest BCUT2D eigenvalue weighted by Crippen LogP contribution is -2.32. The number of esters is 2. The highest BCUT2D eigenvalue weighted by molar-refractivity contribution is 6.18. The molecule has 1 saturated heterocycles. The normalized spacial score (nSPS) is 19.6. The number of phenols is 1. The molecule has 0 aromatic heterocycles. The van der Waals surface area contributed by atoms with Crippen LogP contribution in [-0.4, -0.2) is 23.3 Å². The molecule has 1 aliphatic rings. The molecule has 0 amide bonds. The van der Waals surface area contributed by atoms with E-state index in [0.29, 0.717) is 5.56 Å². The van der Waals surface area contributed by atoms with Crippen LogP contribution in [0.2, 0.25) is 0 Å². The Kier molecular flexibility index (Phi) is 2.82. The Bertz CT molecular complexity index is 466. The molecule has 1 heterocycles. The Morgan fingerprint density at radius 3 is 2.18 bits per heavy atom. The first-order valence-electron chi connectivity index (χ1n) is 4.99. The first-order chi connectivity index (χ1) is 8.06. The Morgan fingerprint density at radius 1 is 1.12 bits per heavy atom. The molecule has 0 spiro atoms. The average molecular weight is 234 g/mol. The van der Waals surface area contributed by atoms with Gasteiger partial charge >= 0.3 is 11.9 Å². The number of aromatic hydroxyl groups is 1. The molecule has 1 N–H and O–H groups in total. The van der Waals surface area contributed by atoms with Crippen molar-refractivity contribution >= 4 is 18.0 Å². The summed E-state index contributed by atoms with van der Waals surface area (Å²) in [6.45, 7) is 1.47. The third-order valence-electron chi connectivity index (χ3n) is 2.19. The lowest BCUT2D eigenvalue weighted by atomic mass is 10.1. The largest absolute Gasteiger partial charge is 0.508 e. The fourth-order valence-electron chi connectivity index (χ4n) is 1.39. The number of hydrogen-bond acceptors (Lipinski definition) is 5. The zero-order chi connectivity index (χ0) is 12.4. The van der Waals surface area contributed by atoms with Gasteiger partial charge in [0.1, 0.15) is 11.3 Å². The van der Waals surface area contributed by atoms with Crippen molar-refractivity contribution in [3.63, 3.8) is 0 Å². The molecule has 1 aromatic rings. The summed E-state index contributed by atoms with van der Waals surface area (Å²) in [6, 6.07) is 6.05. The smallest absolute Gasteiger partial charge is 0.348 e. The van der Waals surface area contributed by atoms with Crippen LogP contribution < -0.4 is 0 Å². The summed E-state index contributed by atoms with van der Waals surface area (Å²) in [4.78, 5) is 22.9. The van der Waals surface area contributed by atoms with E-state index in [-0.39, 0.29) is 11.3 Å². The summed E-state index contributed by atoms with van der Waals surface area (Å²) in [6.07, 6.45) is 0.502. The Morgan fingerprint density at radius 2 is 1.65 bits per heavy atom. The minimum absolute atomic E-state index is 0.106. The molecule has 88 valence electrons. The number of carbonyl (C=O) groups excluding carboxylic acids is 2. The van der Waals surface area contributed by atoms with Gasteiger partial charge in [0.2, 0.25) is 6.29 Å². The maximum absolute atomic E-state index is 11.4. The molecule has 5 nitrogen and oxygen atoms in total. The molecule has 1 aromatic carbocycles. The summed E-state index contributed by atoms with van der Waals surface area (Å²) in [5.74, 6) is -1.31. The van der Waals surface area contributed by atoms with E-state index >= 15 is 0 Å². The quantitative estimate of drug-likeness (QED) is 0.449. The highest BCUT2D eigenvalue weighted by Crippen LogP contribution is 2.18. The van der Waals surface area contributed by atoms with Gasteiger partial charge in [0.15, 0.2) is 0 Å². The topological polar surface area (TPSA) is 72.8 Å². The number of hydrogen-bond donors (Lipinski definition) is 1. The summed E-state index contributed by atoms with van der Waals surface area (Å²) in [7, 11) is 0. The third kappa shape index (κ3) is 2.44. The molecule has 17 heavy (non-hydrogen) atoms. The summed E-state index contributed by atoms with van der Waals surface area (Å²) >= 11 is 0. The van der Waals surface area contributed by atoms with Crippen molar-refractivity contribution in [2.75, 3.05) is 0 Å². The van der Waals surface area contributed by atoms with E-state index in [1.807, 2.05) is 0 Å². The van der Waals surface area contributed by atoms with E-state index in [1.165, 1.54) is 25.1 Å². The Labute approximate surface area is 97.3 Å². The van der Waals surface area contributed by atoms with Gasteiger partial charge in [-0.25, -0.2) is 9.59 Å². The highest BCUT2D eigenvalue weighted by atomic mass is 16.7. The molecule has 0 radical (unpaired) electrons. The molecule has 0 saturated carbocycles. The molecule has 0 aliphatic carbocycles. The monoisotopic (exact) mass is 234 g/mol. The van der Waals surface area contributed by atoms with Crippen molar-refractivity contribution in [2.24, 2.45) is 0 Å². The van der Waals surface area contributed by atoms with Crippen LogP contribution in [0.1, 0.15) is 12.5 Å². The fourth-order valence-corrected chi connectivity index (χ4v) is 1.39. The first-order valence-corrected chi connectivity index (χ1v) is 4.99. The minimum Gasteiger partial charge on any atom is -0.508 e. The molecule has 1 fully saturated rings. The number of benzene rings is 1. The molecular formula is C12H10O5. The van der Waals surface area contributed by atoms with Crippen molar-refractivity contribution in [1.82, 2.24) is 0 Å². The predicted molar refractivity (Wildman–Crippen MR) is 57.7 cm³/mol. The van der Waals surface area contributed by atoms with Crippen LogP contribution in [-0.2, 0) is 19.1 Å². The zero-order valence-corrected chi connectivity index (χ0v) is 9.04. The SMILES string of the molecule is CC1OC(=O)C(=Cc2ccc(O)cc2)C(=O)O1. The highest BCUT2D eigenvalue weighted by Gasteiger charge is 2.30. The lowest BCUT2D eigenvalue weighted by molar-refractivity contribution is -0.190. The van der Waals surface area contributed by atoms with Gasteiger partial charge in [0.25, 0.3) is 0 Å². The lowest BCUT2D eigenvalue weighted by Gasteiger charge is -2.20. The first kappa shape index (κ1) is 11.2. The second kappa shape index (κ2) is 4.29. The van der Waals surface area contributed by atoms with Crippen LogP contribution in [0.3, 0.4) is 0 Å². The van der Waals surface area contributed by atoms with Gasteiger partial charge in [-0.1, -0.05) is 12.1 Å². The number of phenolic OH excluding ortho intramolecular Hbond substituents is 1. The average Bonchev–Trinajstić information content (AvgIpc) is 2.26. The van der Waals surface area contributed by atoms with Gasteiger partial charge in [-0.15, -0.1) is 0 Å². The third-order valence-corrected chi connectivity index (χ3v) is 2.19. The van der Waals surface area contributed by atoms with Crippen LogP contribution in [0.15, 0.2) is 29.8 Å². The second-order valence-electron chi connectivity index (χ2n) is 3.53. The van der Waals surface area contributed by atoms with Crippen molar-refractivity contribution in [1.29, 1.82) is 0 Å². The van der Waals surface area contributed by atoms with Crippen LogP contribution >= 0.6 is 0 Å². The summed E-state index contributed by atoms with van der Waals surface area (Å²) < 4.78 is 9.53. The van der Waals surface area contributed by atoms with E-state index in [4.69, 9.17) is 14.6 Å². The molecular weight excluding hydrogens is 224 g/mol. The van der Waals surface area contributed by atoms with E-state index < -0.39 is 18.2 Å². The van der Waals surface area contributed by atoms with Gasteiger partial charge < -0.3 is 14.6 Å². The van der Waals surface area contributed by atoms with Gasteiger partial charge in [-0.3, -0.25) is 0 Å². The van der Waals surface area contributed by atoms with E-state index in [1.54, 1.807) is 12.1 Å². The van der Waals surface area contributed by atoms with Crippen molar-refractivity contribution in [3.8, 4) is 5.75 Å². The van der Waals surface area contributed by atoms with Crippen molar-refractivity contribution in [3.05, 3.63) is 35.4 Å². The van der Waals surface area contributed by atoms with Crippen molar-refractivity contribution in [2.45, 2.75) is 13.2 Å². The summed E-state index contributed by atoms with van der Waals surface area (Å²) in [5.41, 5.74) is 0.440. The number of ether oxygens (including phenoxy) is 2. The fraction of sp³-hybridized carbons (Fsp3) is 0.167. The molecule has 0 atom stereocenters. The van der Waals surface area contributed by atoms with Gasteiger partial charge in [-0.2, -0.15) is 0 Å². The van der Waals surface area contributed by atoms with Gasteiger partial charge in [-0.05, 0) is 23.8 Å². The van der Waals surface area contributed by atoms with E-state index in [0.717, 1.165) is 0 Å². The Hall–Kier alpha value is -2.30. The molecule has 2 rings (SSSR count). The maximum atomic E-state index is 11.4. The number of carbonyl (C=O) groups is 2. The number of rotatable bonds is 1. The Balaban J connectivity index is 2.29. The standard InChI is InChI=1S/C12H10O5/c1-7-16-11(14)10(12(15)17-7)6-8-2-4-9(13)5-3-8/h2-7,13H,1H3. The van der Waals surface area contributed by atoms with Crippen LogP contribution in [0.25, 0.3) is 6.08 Å². The van der Waals surface area contributed by atoms with E-state index in [2.05, 4.69) is 0 Å². The zero-order valence-electron chi connectivity index (χ0n) is 9.04. The molecule has 0 unspecified atom stereocenters. The second-order valence-corrected chi connectivity index (χ2v) is 3.53. The molecule has 0 bridgehead atoms.